The van der Waals surface area contributed by atoms with E-state index < -0.39 is 17.5 Å². The Morgan fingerprint density at radius 2 is 1.85 bits per heavy atom. The molecule has 2 aliphatic heterocycles. The van der Waals surface area contributed by atoms with Gasteiger partial charge in [-0.25, -0.2) is 8.78 Å². The van der Waals surface area contributed by atoms with Crippen LogP contribution in [0.25, 0.3) is 5.57 Å². The molecule has 34 heavy (non-hydrogen) atoms. The standard InChI is InChI=1S/C22H24F2N4O.C3H4N2/c23-19-13-16(15-5-7-25-8-6-15)1-3-18(19)22(29)27-17-2-4-21(20(24)14-17)28-11-9-26-10-12-28;1-2-4-5-3-1/h1-5,13-14,25-26H,6-12H2,(H,27,29);1-3H,(H,4,5). The molecule has 0 spiro atoms. The molecule has 0 radical (unpaired) electrons. The summed E-state index contributed by atoms with van der Waals surface area (Å²) in [6.45, 7) is 4.68. The Morgan fingerprint density at radius 3 is 2.47 bits per heavy atom. The lowest BCUT2D eigenvalue weighted by Gasteiger charge is -2.29. The summed E-state index contributed by atoms with van der Waals surface area (Å²) in [6, 6.07) is 11.0. The molecule has 1 saturated heterocycles. The van der Waals surface area contributed by atoms with E-state index >= 15 is 0 Å². The highest BCUT2D eigenvalue weighted by Crippen LogP contribution is 2.25. The molecule has 7 nitrogen and oxygen atoms in total. The average molecular weight is 467 g/mol. The molecule has 1 amide bonds. The van der Waals surface area contributed by atoms with Crippen LogP contribution in [0, 0.1) is 11.6 Å². The average Bonchev–Trinajstić information content (AvgIpc) is 3.46. The summed E-state index contributed by atoms with van der Waals surface area (Å²) in [6.07, 6.45) is 6.31. The number of benzene rings is 2. The third-order valence-corrected chi connectivity index (χ3v) is 5.72. The predicted molar refractivity (Wildman–Crippen MR) is 130 cm³/mol. The summed E-state index contributed by atoms with van der Waals surface area (Å²) in [7, 11) is 0. The van der Waals surface area contributed by atoms with Crippen LogP contribution in [0.4, 0.5) is 20.2 Å². The molecule has 2 aliphatic rings. The molecule has 0 saturated carbocycles. The van der Waals surface area contributed by atoms with E-state index in [0.717, 1.165) is 56.8 Å². The van der Waals surface area contributed by atoms with Gasteiger partial charge in [-0.1, -0.05) is 12.1 Å². The third-order valence-electron chi connectivity index (χ3n) is 5.72. The van der Waals surface area contributed by atoms with Gasteiger partial charge in [0.25, 0.3) is 5.91 Å². The van der Waals surface area contributed by atoms with Gasteiger partial charge in [0, 0.05) is 50.8 Å². The number of carbonyl (C=O) groups is 1. The first-order chi connectivity index (χ1) is 16.6. The molecule has 0 unspecified atom stereocenters. The monoisotopic (exact) mass is 466 g/mol. The Kier molecular flexibility index (Phi) is 8.00. The smallest absolute Gasteiger partial charge is 0.258 e. The molecule has 5 rings (SSSR count). The van der Waals surface area contributed by atoms with Crippen molar-refractivity contribution in [2.75, 3.05) is 49.5 Å². The van der Waals surface area contributed by atoms with Crippen molar-refractivity contribution in [1.82, 2.24) is 20.8 Å². The Balaban J connectivity index is 0.000000486. The number of H-pyrrole nitrogens is 1. The van der Waals surface area contributed by atoms with Gasteiger partial charge < -0.3 is 20.9 Å². The molecule has 0 bridgehead atoms. The first-order valence-corrected chi connectivity index (χ1v) is 11.3. The van der Waals surface area contributed by atoms with Gasteiger partial charge in [0.05, 0.1) is 11.3 Å². The summed E-state index contributed by atoms with van der Waals surface area (Å²) in [4.78, 5) is 14.5. The van der Waals surface area contributed by atoms with E-state index in [-0.39, 0.29) is 5.56 Å². The second-order valence-corrected chi connectivity index (χ2v) is 8.00. The minimum Gasteiger partial charge on any atom is -0.367 e. The van der Waals surface area contributed by atoms with Crippen LogP contribution >= 0.6 is 0 Å². The van der Waals surface area contributed by atoms with Gasteiger partial charge in [-0.2, -0.15) is 5.10 Å². The Hall–Kier alpha value is -3.56. The van der Waals surface area contributed by atoms with E-state index in [1.165, 1.54) is 18.2 Å². The molecule has 0 aliphatic carbocycles. The summed E-state index contributed by atoms with van der Waals surface area (Å²) in [5, 5.41) is 15.2. The molecule has 2 aromatic carbocycles. The summed E-state index contributed by atoms with van der Waals surface area (Å²) >= 11 is 0. The molecule has 0 atom stereocenters. The number of hydrogen-bond acceptors (Lipinski definition) is 5. The maximum atomic E-state index is 14.6. The van der Waals surface area contributed by atoms with Gasteiger partial charge in [-0.3, -0.25) is 9.89 Å². The van der Waals surface area contributed by atoms with Crippen LogP contribution in [0.1, 0.15) is 22.3 Å². The van der Waals surface area contributed by atoms with E-state index in [2.05, 4.69) is 26.1 Å². The van der Waals surface area contributed by atoms with Crippen molar-refractivity contribution in [1.29, 1.82) is 0 Å². The second kappa shape index (κ2) is 11.5. The molecule has 178 valence electrons. The van der Waals surface area contributed by atoms with Crippen molar-refractivity contribution in [3.63, 3.8) is 0 Å². The quantitative estimate of drug-likeness (QED) is 0.474. The van der Waals surface area contributed by atoms with E-state index in [1.807, 2.05) is 17.0 Å². The van der Waals surface area contributed by atoms with Gasteiger partial charge in [-0.05, 0) is 60.5 Å². The van der Waals surface area contributed by atoms with Gasteiger partial charge in [0.1, 0.15) is 11.6 Å². The van der Waals surface area contributed by atoms with Crippen molar-refractivity contribution in [2.45, 2.75) is 6.42 Å². The van der Waals surface area contributed by atoms with Crippen LogP contribution < -0.4 is 20.9 Å². The van der Waals surface area contributed by atoms with E-state index in [1.54, 1.807) is 30.6 Å². The summed E-state index contributed by atoms with van der Waals surface area (Å²) in [5.74, 6) is -1.58. The molecule has 4 N–H and O–H groups in total. The second-order valence-electron chi connectivity index (χ2n) is 8.00. The fraction of sp³-hybridized carbons (Fsp3) is 0.280. The van der Waals surface area contributed by atoms with Crippen LogP contribution in [0.15, 0.2) is 60.9 Å². The predicted octanol–water partition coefficient (Wildman–Crippen LogP) is 3.41. The van der Waals surface area contributed by atoms with Crippen LogP contribution in [0.5, 0.6) is 0 Å². The van der Waals surface area contributed by atoms with E-state index in [9.17, 15) is 13.6 Å². The number of aromatic amines is 1. The van der Waals surface area contributed by atoms with E-state index in [0.29, 0.717) is 11.4 Å². The van der Waals surface area contributed by atoms with Crippen LogP contribution in [-0.2, 0) is 0 Å². The van der Waals surface area contributed by atoms with Gasteiger partial charge >= 0.3 is 0 Å². The van der Waals surface area contributed by atoms with Crippen LogP contribution in [-0.4, -0.2) is 55.4 Å². The molecule has 1 fully saturated rings. The Morgan fingerprint density at radius 1 is 1.00 bits per heavy atom. The summed E-state index contributed by atoms with van der Waals surface area (Å²) < 4.78 is 29.1. The van der Waals surface area contributed by atoms with Crippen molar-refractivity contribution in [3.8, 4) is 0 Å². The number of carbonyl (C=O) groups excluding carboxylic acids is 1. The third kappa shape index (κ3) is 6.06. The molecular weight excluding hydrogens is 438 g/mol. The van der Waals surface area contributed by atoms with Gasteiger partial charge in [0.2, 0.25) is 0 Å². The number of nitrogens with zero attached hydrogens (tertiary/aromatic N) is 2. The number of aromatic nitrogens is 2. The minimum atomic E-state index is -0.595. The van der Waals surface area contributed by atoms with Crippen molar-refractivity contribution in [2.24, 2.45) is 0 Å². The highest BCUT2D eigenvalue weighted by Gasteiger charge is 2.17. The zero-order valence-electron chi connectivity index (χ0n) is 18.8. The van der Waals surface area contributed by atoms with Crippen LogP contribution in [0.2, 0.25) is 0 Å². The maximum Gasteiger partial charge on any atom is 0.258 e. The number of anilines is 2. The molecule has 9 heteroatoms. The SMILES string of the molecule is O=C(Nc1ccc(N2CCNCC2)c(F)c1)c1ccc(C2=CCNCC2)cc1F.c1cn[nH]c1. The lowest BCUT2D eigenvalue weighted by Crippen LogP contribution is -2.43. The maximum absolute atomic E-state index is 14.6. The lowest BCUT2D eigenvalue weighted by molar-refractivity contribution is 0.102. The summed E-state index contributed by atoms with van der Waals surface area (Å²) in [5.41, 5.74) is 2.60. The van der Waals surface area contributed by atoms with E-state index in [4.69, 9.17) is 0 Å². The number of halogens is 2. The van der Waals surface area contributed by atoms with Crippen LogP contribution in [0.3, 0.4) is 0 Å². The largest absolute Gasteiger partial charge is 0.367 e. The number of amides is 1. The topological polar surface area (TPSA) is 85.1 Å². The molecule has 1 aromatic heterocycles. The number of hydrogen-bond donors (Lipinski definition) is 4. The van der Waals surface area contributed by atoms with Crippen molar-refractivity contribution in [3.05, 3.63) is 83.7 Å². The zero-order chi connectivity index (χ0) is 23.8. The fourth-order valence-electron chi connectivity index (χ4n) is 3.94. The van der Waals surface area contributed by atoms with Gasteiger partial charge in [0.15, 0.2) is 0 Å². The molecule has 3 aromatic rings. The number of rotatable bonds is 4. The van der Waals surface area contributed by atoms with Gasteiger partial charge in [-0.15, -0.1) is 0 Å². The van der Waals surface area contributed by atoms with Crippen molar-refractivity contribution < 1.29 is 13.6 Å². The first-order valence-electron chi connectivity index (χ1n) is 11.3. The molecular formula is C25H28F2N6O. The van der Waals surface area contributed by atoms with Crippen molar-refractivity contribution >= 4 is 22.9 Å². The number of piperazine rings is 1. The fourth-order valence-corrected chi connectivity index (χ4v) is 3.94. The normalized spacial score (nSPS) is 15.7. The lowest BCUT2D eigenvalue weighted by atomic mass is 9.98. The Bertz CT molecular complexity index is 1110. The minimum absolute atomic E-state index is 0.0603. The first kappa shape index (κ1) is 23.6. The molecule has 3 heterocycles. The highest BCUT2D eigenvalue weighted by atomic mass is 19.1. The zero-order valence-corrected chi connectivity index (χ0v) is 18.8. The Labute approximate surface area is 197 Å². The highest BCUT2D eigenvalue weighted by molar-refractivity contribution is 6.04. The number of nitrogens with one attached hydrogen (secondary N) is 4.